The quantitative estimate of drug-likeness (QED) is 0.133. The van der Waals surface area contributed by atoms with Crippen molar-refractivity contribution < 1.29 is 0 Å². The normalized spacial score (nSPS) is 11.2. The van der Waals surface area contributed by atoms with Gasteiger partial charge in [-0.25, -0.2) is 9.97 Å². The van der Waals surface area contributed by atoms with Crippen LogP contribution in [-0.2, 0) is 13.1 Å². The van der Waals surface area contributed by atoms with Crippen LogP contribution in [0.1, 0.15) is 11.1 Å². The highest BCUT2D eigenvalue weighted by Crippen LogP contribution is 2.27. The van der Waals surface area contributed by atoms with Gasteiger partial charge in [0.25, 0.3) is 0 Å². The van der Waals surface area contributed by atoms with Crippen molar-refractivity contribution in [3.8, 4) is 33.4 Å². The van der Waals surface area contributed by atoms with Crippen LogP contribution in [0.5, 0.6) is 0 Å². The van der Waals surface area contributed by atoms with Crippen molar-refractivity contribution in [2.24, 2.45) is 0 Å². The summed E-state index contributed by atoms with van der Waals surface area (Å²) in [6.45, 7) is 1.30. The Kier molecular flexibility index (Phi) is 7.08. The number of anilines is 2. The van der Waals surface area contributed by atoms with E-state index in [2.05, 4.69) is 131 Å². The molecule has 0 spiro atoms. The molecular formula is C37H29N9. The summed E-state index contributed by atoms with van der Waals surface area (Å²) in [6, 6.07) is 31.7. The lowest BCUT2D eigenvalue weighted by Gasteiger charge is -2.11. The molecule has 9 nitrogen and oxygen atoms in total. The first-order valence-electron chi connectivity index (χ1n) is 15.0. The maximum Gasteiger partial charge on any atom is 0.222 e. The molecule has 0 atom stereocenters. The Hall–Kier alpha value is -6.35. The van der Waals surface area contributed by atoms with E-state index in [-0.39, 0.29) is 0 Å². The Bertz CT molecular complexity index is 2290. The van der Waals surface area contributed by atoms with Crippen molar-refractivity contribution in [1.29, 1.82) is 0 Å². The van der Waals surface area contributed by atoms with Gasteiger partial charge in [0.1, 0.15) is 0 Å². The largest absolute Gasteiger partial charge is 0.380 e. The highest BCUT2D eigenvalue weighted by Gasteiger charge is 2.07. The maximum absolute atomic E-state index is 4.54. The summed E-state index contributed by atoms with van der Waals surface area (Å²) in [5.41, 5.74) is 11.8. The average Bonchev–Trinajstić information content (AvgIpc) is 3.80. The maximum atomic E-state index is 4.54. The Morgan fingerprint density at radius 3 is 1.72 bits per heavy atom. The van der Waals surface area contributed by atoms with Gasteiger partial charge in [0, 0.05) is 59.8 Å². The van der Waals surface area contributed by atoms with E-state index in [4.69, 9.17) is 0 Å². The van der Waals surface area contributed by atoms with Crippen LogP contribution in [0.3, 0.4) is 0 Å². The van der Waals surface area contributed by atoms with Crippen LogP contribution in [0, 0.1) is 0 Å². The monoisotopic (exact) mass is 599 g/mol. The number of rotatable bonds is 9. The molecule has 0 aliphatic rings. The minimum absolute atomic E-state index is 0.588. The van der Waals surface area contributed by atoms with Gasteiger partial charge >= 0.3 is 0 Å². The molecule has 222 valence electrons. The minimum atomic E-state index is 0.588. The van der Waals surface area contributed by atoms with Crippen LogP contribution in [0.15, 0.2) is 128 Å². The zero-order chi connectivity index (χ0) is 30.7. The van der Waals surface area contributed by atoms with Gasteiger partial charge in [0.15, 0.2) is 0 Å². The molecule has 0 saturated heterocycles. The van der Waals surface area contributed by atoms with Crippen molar-refractivity contribution in [1.82, 2.24) is 35.3 Å². The fourth-order valence-electron chi connectivity index (χ4n) is 5.60. The fraction of sp³-hybridized carbons (Fsp3) is 0.0541. The average molecular weight is 600 g/mol. The fourth-order valence-corrected chi connectivity index (χ4v) is 5.60. The Balaban J connectivity index is 0.913. The summed E-state index contributed by atoms with van der Waals surface area (Å²) in [7, 11) is 0. The van der Waals surface area contributed by atoms with Gasteiger partial charge < -0.3 is 10.6 Å². The molecule has 0 fully saturated rings. The Labute approximate surface area is 264 Å². The smallest absolute Gasteiger partial charge is 0.222 e. The number of aromatic nitrogens is 7. The lowest BCUT2D eigenvalue weighted by molar-refractivity contribution is 1.06. The summed E-state index contributed by atoms with van der Waals surface area (Å²) in [5.74, 6) is 0.588. The van der Waals surface area contributed by atoms with Crippen molar-refractivity contribution in [3.63, 3.8) is 0 Å². The molecule has 0 saturated carbocycles. The lowest BCUT2D eigenvalue weighted by atomic mass is 10.0. The minimum Gasteiger partial charge on any atom is -0.380 e. The molecule has 4 N–H and O–H groups in total. The number of fused-ring (bicyclic) bond motifs is 2. The van der Waals surface area contributed by atoms with Gasteiger partial charge in [-0.3, -0.25) is 15.2 Å². The van der Waals surface area contributed by atoms with Gasteiger partial charge in [0.2, 0.25) is 5.95 Å². The summed E-state index contributed by atoms with van der Waals surface area (Å²) < 4.78 is 0. The predicted molar refractivity (Wildman–Crippen MR) is 183 cm³/mol. The number of nitrogens with zero attached hydrogens (tertiary/aromatic N) is 5. The molecule has 4 heterocycles. The third-order valence-electron chi connectivity index (χ3n) is 8.08. The van der Waals surface area contributed by atoms with Crippen LogP contribution in [0.25, 0.3) is 55.2 Å². The number of hydrogen-bond donors (Lipinski definition) is 4. The van der Waals surface area contributed by atoms with Crippen LogP contribution >= 0.6 is 0 Å². The molecular weight excluding hydrogens is 570 g/mol. The van der Waals surface area contributed by atoms with E-state index in [0.29, 0.717) is 19.0 Å². The van der Waals surface area contributed by atoms with Crippen LogP contribution in [0.2, 0.25) is 0 Å². The summed E-state index contributed by atoms with van der Waals surface area (Å²) >= 11 is 0. The van der Waals surface area contributed by atoms with Crippen LogP contribution in [-0.4, -0.2) is 35.3 Å². The van der Waals surface area contributed by atoms with Crippen LogP contribution in [0.4, 0.5) is 11.6 Å². The van der Waals surface area contributed by atoms with Crippen molar-refractivity contribution in [2.45, 2.75) is 13.1 Å². The molecule has 0 amide bonds. The Morgan fingerprint density at radius 2 is 1.07 bits per heavy atom. The van der Waals surface area contributed by atoms with Crippen molar-refractivity contribution in [2.75, 3.05) is 10.6 Å². The second-order valence-electron chi connectivity index (χ2n) is 11.2. The molecule has 0 aliphatic carbocycles. The van der Waals surface area contributed by atoms with E-state index in [1.54, 1.807) is 0 Å². The first kappa shape index (κ1) is 27.2. The van der Waals surface area contributed by atoms with E-state index >= 15 is 0 Å². The first-order chi connectivity index (χ1) is 22.7. The summed E-state index contributed by atoms with van der Waals surface area (Å²) in [4.78, 5) is 13.6. The van der Waals surface area contributed by atoms with Gasteiger partial charge in [0.05, 0.1) is 29.1 Å². The SMILES string of the molecule is c1cc(CNc2cncc(-c3ccc4cn[nH]c4c3)c2)cc(-c2cccc(CNc3ncc(-c4ccc5cn[nH]c5c4)cn3)c2)c1. The topological polar surface area (TPSA) is 120 Å². The second kappa shape index (κ2) is 12.0. The highest BCUT2D eigenvalue weighted by molar-refractivity contribution is 5.84. The summed E-state index contributed by atoms with van der Waals surface area (Å²) in [5, 5.41) is 23.3. The molecule has 0 unspecified atom stereocenters. The predicted octanol–water partition coefficient (Wildman–Crippen LogP) is 7.85. The number of aromatic amines is 2. The molecule has 0 radical (unpaired) electrons. The van der Waals surface area contributed by atoms with E-state index in [1.807, 2.05) is 43.2 Å². The zero-order valence-corrected chi connectivity index (χ0v) is 24.8. The molecule has 4 aromatic carbocycles. The van der Waals surface area contributed by atoms with Crippen molar-refractivity contribution in [3.05, 3.63) is 139 Å². The van der Waals surface area contributed by atoms with Gasteiger partial charge in [-0.05, 0) is 63.7 Å². The van der Waals surface area contributed by atoms with Gasteiger partial charge in [-0.1, -0.05) is 60.7 Å². The van der Waals surface area contributed by atoms with Crippen LogP contribution < -0.4 is 10.6 Å². The molecule has 4 aromatic heterocycles. The van der Waals surface area contributed by atoms with E-state index in [1.165, 1.54) is 5.56 Å². The number of hydrogen-bond acceptors (Lipinski definition) is 7. The van der Waals surface area contributed by atoms with Gasteiger partial charge in [-0.2, -0.15) is 10.2 Å². The first-order valence-corrected chi connectivity index (χ1v) is 15.0. The van der Waals surface area contributed by atoms with E-state index < -0.39 is 0 Å². The Morgan fingerprint density at radius 1 is 0.478 bits per heavy atom. The summed E-state index contributed by atoms with van der Waals surface area (Å²) in [6.07, 6.45) is 11.1. The standard InChI is InChI=1S/C37H29N9/c1-3-24(16-39-34-13-32(18-38-23-34)28-7-9-30-21-43-45-35(30)14-28)11-26(5-1)27-6-2-4-25(12-27)17-40-37-41-19-33(20-42-37)29-8-10-31-22-44-46-36(31)15-29/h1-15,18-23,39H,16-17H2,(H,43,45)(H,44,46)(H,40,41,42). The third kappa shape index (κ3) is 5.77. The highest BCUT2D eigenvalue weighted by atomic mass is 15.1. The molecule has 46 heavy (non-hydrogen) atoms. The molecule has 9 heteroatoms. The van der Waals surface area contributed by atoms with Crippen molar-refractivity contribution >= 4 is 33.4 Å². The molecule has 0 bridgehead atoms. The zero-order valence-electron chi connectivity index (χ0n) is 24.8. The second-order valence-corrected chi connectivity index (χ2v) is 11.2. The number of benzene rings is 4. The van der Waals surface area contributed by atoms with E-state index in [0.717, 1.165) is 66.4 Å². The number of H-pyrrole nitrogens is 2. The lowest BCUT2D eigenvalue weighted by Crippen LogP contribution is -2.03. The number of pyridine rings is 1. The third-order valence-corrected chi connectivity index (χ3v) is 8.08. The molecule has 8 aromatic rings. The van der Waals surface area contributed by atoms with Gasteiger partial charge in [-0.15, -0.1) is 0 Å². The molecule has 8 rings (SSSR count). The number of nitrogens with one attached hydrogen (secondary N) is 4. The molecule has 0 aliphatic heterocycles. The van der Waals surface area contributed by atoms with E-state index in [9.17, 15) is 0 Å².